The molecule has 1 aliphatic rings. The molecule has 1 aliphatic heterocycles. The van der Waals surface area contributed by atoms with Gasteiger partial charge in [-0.05, 0) is 24.8 Å². The topological polar surface area (TPSA) is 74.7 Å². The molecule has 1 heterocycles. The van der Waals surface area contributed by atoms with Crippen molar-refractivity contribution in [1.29, 1.82) is 0 Å². The van der Waals surface area contributed by atoms with Crippen molar-refractivity contribution in [3.05, 3.63) is 71.3 Å². The maximum atomic E-state index is 12.9. The number of amides is 1. The number of likely N-dealkylation sites (tertiary alicyclic amines) is 1. The molecule has 0 aromatic heterocycles. The number of aliphatic carboxylic acids is 1. The second-order valence-corrected chi connectivity index (χ2v) is 6.57. The number of hydrogen-bond acceptors (Lipinski definition) is 3. The van der Waals surface area contributed by atoms with Crippen LogP contribution in [0.4, 0.5) is 0 Å². The first kappa shape index (κ1) is 17.9. The van der Waals surface area contributed by atoms with Crippen LogP contribution in [0.1, 0.15) is 45.5 Å². The molecule has 0 unspecified atom stereocenters. The Bertz CT molecular complexity index is 808. The fourth-order valence-corrected chi connectivity index (χ4v) is 3.37. The molecule has 1 amide bonds. The highest BCUT2D eigenvalue weighted by Gasteiger charge is 2.27. The minimum Gasteiger partial charge on any atom is -0.481 e. The van der Waals surface area contributed by atoms with Crippen molar-refractivity contribution in [2.45, 2.75) is 19.3 Å². The van der Waals surface area contributed by atoms with E-state index in [1.165, 1.54) is 0 Å². The van der Waals surface area contributed by atoms with Crippen LogP contribution >= 0.6 is 0 Å². The van der Waals surface area contributed by atoms with E-state index in [1.54, 1.807) is 53.4 Å². The van der Waals surface area contributed by atoms with Crippen molar-refractivity contribution in [3.8, 4) is 0 Å². The summed E-state index contributed by atoms with van der Waals surface area (Å²) in [5, 5.41) is 8.91. The van der Waals surface area contributed by atoms with E-state index in [2.05, 4.69) is 0 Å². The second-order valence-electron chi connectivity index (χ2n) is 6.57. The summed E-state index contributed by atoms with van der Waals surface area (Å²) in [6, 6.07) is 15.8. The smallest absolute Gasteiger partial charge is 0.303 e. The van der Waals surface area contributed by atoms with Crippen molar-refractivity contribution in [1.82, 2.24) is 4.90 Å². The summed E-state index contributed by atoms with van der Waals surface area (Å²) in [6.07, 6.45) is 1.49. The average molecular weight is 351 g/mol. The molecule has 2 aromatic carbocycles. The number of nitrogens with zero attached hydrogens (tertiary/aromatic N) is 1. The van der Waals surface area contributed by atoms with Gasteiger partial charge in [-0.15, -0.1) is 0 Å². The molecule has 0 radical (unpaired) electrons. The Labute approximate surface area is 152 Å². The van der Waals surface area contributed by atoms with E-state index in [-0.39, 0.29) is 24.0 Å². The number of carbonyl (C=O) groups excluding carboxylic acids is 2. The van der Waals surface area contributed by atoms with Gasteiger partial charge in [0.05, 0.1) is 5.56 Å². The molecule has 1 saturated heterocycles. The lowest BCUT2D eigenvalue weighted by Crippen LogP contribution is -2.39. The molecule has 26 heavy (non-hydrogen) atoms. The van der Waals surface area contributed by atoms with Crippen LogP contribution in [0.2, 0.25) is 0 Å². The summed E-state index contributed by atoms with van der Waals surface area (Å²) in [4.78, 5) is 38.3. The van der Waals surface area contributed by atoms with Crippen LogP contribution in [0, 0.1) is 5.92 Å². The number of ketones is 1. The Balaban J connectivity index is 1.77. The fraction of sp³-hybridized carbons (Fsp3) is 0.286. The number of rotatable bonds is 5. The minimum absolute atomic E-state index is 0.109. The molecule has 5 heteroatoms. The van der Waals surface area contributed by atoms with Gasteiger partial charge in [-0.3, -0.25) is 14.4 Å². The van der Waals surface area contributed by atoms with Gasteiger partial charge in [0.2, 0.25) is 0 Å². The molecule has 3 rings (SSSR count). The molecule has 0 bridgehead atoms. The highest BCUT2D eigenvalue weighted by Crippen LogP contribution is 2.23. The van der Waals surface area contributed by atoms with Gasteiger partial charge < -0.3 is 10.0 Å². The van der Waals surface area contributed by atoms with Crippen LogP contribution in [0.15, 0.2) is 54.6 Å². The standard InChI is InChI=1S/C21H21NO4/c23-19(24)14-15-10-12-22(13-11-15)21(26)18-9-5-4-8-17(18)20(25)16-6-2-1-3-7-16/h1-9,15H,10-14H2,(H,23,24). The summed E-state index contributed by atoms with van der Waals surface area (Å²) in [6.45, 7) is 1.04. The van der Waals surface area contributed by atoms with Crippen molar-refractivity contribution in [2.24, 2.45) is 5.92 Å². The number of hydrogen-bond donors (Lipinski definition) is 1. The van der Waals surface area contributed by atoms with Crippen molar-refractivity contribution in [2.75, 3.05) is 13.1 Å². The third-order valence-electron chi connectivity index (χ3n) is 4.80. The molecule has 0 aliphatic carbocycles. The molecule has 0 atom stereocenters. The van der Waals surface area contributed by atoms with Gasteiger partial charge >= 0.3 is 5.97 Å². The van der Waals surface area contributed by atoms with E-state index in [0.29, 0.717) is 42.6 Å². The molecule has 1 fully saturated rings. The fourth-order valence-electron chi connectivity index (χ4n) is 3.37. The van der Waals surface area contributed by atoms with Crippen LogP contribution in [-0.2, 0) is 4.79 Å². The number of carbonyl (C=O) groups is 3. The lowest BCUT2D eigenvalue weighted by molar-refractivity contribution is -0.138. The van der Waals surface area contributed by atoms with Crippen LogP contribution in [0.5, 0.6) is 0 Å². The van der Waals surface area contributed by atoms with Gasteiger partial charge in [0, 0.05) is 30.6 Å². The highest BCUT2D eigenvalue weighted by atomic mass is 16.4. The first-order valence-electron chi connectivity index (χ1n) is 8.76. The highest BCUT2D eigenvalue weighted by molar-refractivity contribution is 6.15. The predicted octanol–water partition coefficient (Wildman–Crippen LogP) is 3.24. The molecule has 134 valence electrons. The zero-order chi connectivity index (χ0) is 18.5. The second kappa shape index (κ2) is 7.95. The number of carboxylic acid groups (broad SMARTS) is 1. The Morgan fingerprint density at radius 1 is 0.885 bits per heavy atom. The van der Waals surface area contributed by atoms with Gasteiger partial charge in [-0.2, -0.15) is 0 Å². The predicted molar refractivity (Wildman–Crippen MR) is 97.2 cm³/mol. The molecule has 0 saturated carbocycles. The Kier molecular flexibility index (Phi) is 5.46. The summed E-state index contributed by atoms with van der Waals surface area (Å²) < 4.78 is 0. The van der Waals surface area contributed by atoms with Crippen LogP contribution in [0.3, 0.4) is 0 Å². The van der Waals surface area contributed by atoms with Gasteiger partial charge in [-0.1, -0.05) is 48.5 Å². The van der Waals surface area contributed by atoms with E-state index in [0.717, 1.165) is 0 Å². The number of benzene rings is 2. The quantitative estimate of drug-likeness (QED) is 0.839. The molecule has 1 N–H and O–H groups in total. The molecule has 2 aromatic rings. The van der Waals surface area contributed by atoms with E-state index in [1.807, 2.05) is 6.07 Å². The lowest BCUT2D eigenvalue weighted by atomic mass is 9.92. The monoisotopic (exact) mass is 351 g/mol. The van der Waals surface area contributed by atoms with Crippen LogP contribution < -0.4 is 0 Å². The summed E-state index contributed by atoms with van der Waals surface area (Å²) in [5.41, 5.74) is 1.35. The van der Waals surface area contributed by atoms with E-state index in [9.17, 15) is 14.4 Å². The van der Waals surface area contributed by atoms with Crippen LogP contribution in [-0.4, -0.2) is 40.8 Å². The molecular formula is C21H21NO4. The van der Waals surface area contributed by atoms with E-state index in [4.69, 9.17) is 5.11 Å². The molecular weight excluding hydrogens is 330 g/mol. The van der Waals surface area contributed by atoms with Gasteiger partial charge in [0.1, 0.15) is 0 Å². The zero-order valence-corrected chi connectivity index (χ0v) is 14.4. The maximum absolute atomic E-state index is 12.9. The Morgan fingerprint density at radius 2 is 1.46 bits per heavy atom. The maximum Gasteiger partial charge on any atom is 0.303 e. The third-order valence-corrected chi connectivity index (χ3v) is 4.80. The minimum atomic E-state index is -0.798. The first-order chi connectivity index (χ1) is 12.6. The lowest BCUT2D eigenvalue weighted by Gasteiger charge is -2.31. The molecule has 5 nitrogen and oxygen atoms in total. The first-order valence-corrected chi connectivity index (χ1v) is 8.76. The van der Waals surface area contributed by atoms with Crippen molar-refractivity contribution < 1.29 is 19.5 Å². The number of piperidine rings is 1. The zero-order valence-electron chi connectivity index (χ0n) is 14.4. The number of carboxylic acids is 1. The van der Waals surface area contributed by atoms with Gasteiger partial charge in [-0.25, -0.2) is 0 Å². The van der Waals surface area contributed by atoms with Gasteiger partial charge in [0.15, 0.2) is 5.78 Å². The summed E-state index contributed by atoms with van der Waals surface area (Å²) in [5.74, 6) is -1.03. The summed E-state index contributed by atoms with van der Waals surface area (Å²) >= 11 is 0. The van der Waals surface area contributed by atoms with Crippen molar-refractivity contribution >= 4 is 17.7 Å². The molecule has 0 spiro atoms. The van der Waals surface area contributed by atoms with Crippen molar-refractivity contribution in [3.63, 3.8) is 0 Å². The summed E-state index contributed by atoms with van der Waals surface area (Å²) in [7, 11) is 0. The average Bonchev–Trinajstić information content (AvgIpc) is 2.68. The SMILES string of the molecule is O=C(O)CC1CCN(C(=O)c2ccccc2C(=O)c2ccccc2)CC1. The third kappa shape index (κ3) is 3.99. The Hall–Kier alpha value is -2.95. The van der Waals surface area contributed by atoms with Crippen LogP contribution in [0.25, 0.3) is 0 Å². The van der Waals surface area contributed by atoms with Gasteiger partial charge in [0.25, 0.3) is 5.91 Å². The normalized spacial score (nSPS) is 14.8. The Morgan fingerprint density at radius 3 is 2.08 bits per heavy atom. The van der Waals surface area contributed by atoms with E-state index < -0.39 is 5.97 Å². The van der Waals surface area contributed by atoms with E-state index >= 15 is 0 Å². The largest absolute Gasteiger partial charge is 0.481 e.